The third-order valence-electron chi connectivity index (χ3n) is 3.13. The van der Waals surface area contributed by atoms with Crippen molar-refractivity contribution in [3.05, 3.63) is 51.0 Å². The lowest BCUT2D eigenvalue weighted by Gasteiger charge is -2.09. The first-order chi connectivity index (χ1) is 9.65. The minimum absolute atomic E-state index is 0.329. The molecule has 0 aliphatic rings. The second kappa shape index (κ2) is 7.04. The van der Waals surface area contributed by atoms with Crippen molar-refractivity contribution in [2.24, 2.45) is 0 Å². The van der Waals surface area contributed by atoms with Gasteiger partial charge < -0.3 is 4.57 Å². The number of halogens is 2. The minimum Gasteiger partial charge on any atom is -0.314 e. The number of carbonyl (C=O) groups excluding carboxylic acids is 1. The van der Waals surface area contributed by atoms with Crippen LogP contribution in [0.25, 0.3) is 0 Å². The Hall–Kier alpha value is -1.13. The van der Waals surface area contributed by atoms with E-state index in [0.29, 0.717) is 17.4 Å². The molecule has 0 saturated carbocycles. The largest absolute Gasteiger partial charge is 0.314 e. The topological polar surface area (TPSA) is 34.9 Å². The van der Waals surface area contributed by atoms with E-state index in [1.54, 1.807) is 0 Å². The first-order valence-corrected chi connectivity index (χ1v) is 7.77. The van der Waals surface area contributed by atoms with Gasteiger partial charge in [-0.05, 0) is 24.1 Å². The van der Waals surface area contributed by atoms with Crippen molar-refractivity contribution in [1.29, 1.82) is 0 Å². The van der Waals surface area contributed by atoms with Gasteiger partial charge in [0.05, 0.1) is 6.54 Å². The molecular formula is C15H16BrClN2O. The molecule has 2 rings (SSSR count). The van der Waals surface area contributed by atoms with Crippen molar-refractivity contribution in [2.45, 2.75) is 32.7 Å². The van der Waals surface area contributed by atoms with Crippen molar-refractivity contribution >= 4 is 33.8 Å². The molecule has 1 aromatic heterocycles. The summed E-state index contributed by atoms with van der Waals surface area (Å²) in [6.07, 6.45) is 3.67. The maximum absolute atomic E-state index is 11.0. The lowest BCUT2D eigenvalue weighted by molar-refractivity contribution is 0.111. The van der Waals surface area contributed by atoms with Crippen LogP contribution in [0.2, 0.25) is 5.15 Å². The van der Waals surface area contributed by atoms with Crippen LogP contribution in [0.15, 0.2) is 28.7 Å². The highest BCUT2D eigenvalue weighted by atomic mass is 79.9. The lowest BCUT2D eigenvalue weighted by atomic mass is 10.2. The third-order valence-corrected chi connectivity index (χ3v) is 4.06. The summed E-state index contributed by atoms with van der Waals surface area (Å²) in [6, 6.07) is 8.05. The van der Waals surface area contributed by atoms with E-state index in [0.717, 1.165) is 41.4 Å². The van der Waals surface area contributed by atoms with Gasteiger partial charge in [-0.15, -0.1) is 0 Å². The Morgan fingerprint density at radius 2 is 2.05 bits per heavy atom. The average Bonchev–Trinajstić information content (AvgIpc) is 2.75. The number of hydrogen-bond donors (Lipinski definition) is 0. The zero-order chi connectivity index (χ0) is 14.5. The van der Waals surface area contributed by atoms with Crippen LogP contribution in [-0.2, 0) is 13.0 Å². The molecule has 1 aromatic carbocycles. The van der Waals surface area contributed by atoms with Gasteiger partial charge in [-0.3, -0.25) is 4.79 Å². The number of carbonyl (C=O) groups is 1. The summed E-state index contributed by atoms with van der Waals surface area (Å²) < 4.78 is 2.96. The second-order valence-electron chi connectivity index (χ2n) is 4.64. The van der Waals surface area contributed by atoms with Gasteiger partial charge in [0.15, 0.2) is 6.29 Å². The van der Waals surface area contributed by atoms with E-state index in [1.807, 2.05) is 28.8 Å². The predicted octanol–water partition coefficient (Wildman–Crippen LogP) is 4.50. The third kappa shape index (κ3) is 3.49. The van der Waals surface area contributed by atoms with Gasteiger partial charge in [0, 0.05) is 10.9 Å². The number of benzene rings is 1. The van der Waals surface area contributed by atoms with Crippen LogP contribution in [0.4, 0.5) is 0 Å². The molecule has 5 heteroatoms. The normalized spacial score (nSPS) is 10.8. The minimum atomic E-state index is 0.329. The standard InChI is InChI=1S/C15H16BrClN2O/c1-2-3-4-14-18-13(10-20)15(17)19(14)9-11-5-7-12(16)8-6-11/h5-8,10H,2-4,9H2,1H3. The fourth-order valence-corrected chi connectivity index (χ4v) is 2.54. The molecule has 0 aliphatic heterocycles. The summed E-state index contributed by atoms with van der Waals surface area (Å²) in [7, 11) is 0. The molecule has 0 bridgehead atoms. The summed E-state index contributed by atoms with van der Waals surface area (Å²) in [5.41, 5.74) is 1.46. The van der Waals surface area contributed by atoms with Gasteiger partial charge in [-0.2, -0.15) is 0 Å². The summed E-state index contributed by atoms with van der Waals surface area (Å²) in [5, 5.41) is 0.425. The Morgan fingerprint density at radius 1 is 1.35 bits per heavy atom. The number of imidazole rings is 1. The van der Waals surface area contributed by atoms with E-state index in [4.69, 9.17) is 11.6 Å². The molecule has 3 nitrogen and oxygen atoms in total. The van der Waals surface area contributed by atoms with Crippen LogP contribution < -0.4 is 0 Å². The van der Waals surface area contributed by atoms with Crippen LogP contribution in [0.3, 0.4) is 0 Å². The first-order valence-electron chi connectivity index (χ1n) is 6.60. The Balaban J connectivity index is 2.30. The number of aromatic nitrogens is 2. The number of rotatable bonds is 6. The maximum Gasteiger partial charge on any atom is 0.171 e. The number of unbranched alkanes of at least 4 members (excludes halogenated alkanes) is 1. The number of hydrogen-bond acceptors (Lipinski definition) is 2. The molecule has 0 unspecified atom stereocenters. The molecule has 106 valence electrons. The van der Waals surface area contributed by atoms with Gasteiger partial charge in [0.1, 0.15) is 16.7 Å². The van der Waals surface area contributed by atoms with Crippen LogP contribution >= 0.6 is 27.5 Å². The zero-order valence-electron chi connectivity index (χ0n) is 11.3. The molecule has 0 fully saturated rings. The van der Waals surface area contributed by atoms with Gasteiger partial charge in [-0.25, -0.2) is 4.98 Å². The summed E-state index contributed by atoms with van der Waals surface area (Å²) in [5.74, 6) is 0.877. The van der Waals surface area contributed by atoms with Crippen molar-refractivity contribution in [3.8, 4) is 0 Å². The molecule has 1 heterocycles. The molecule has 2 aromatic rings. The van der Waals surface area contributed by atoms with E-state index in [1.165, 1.54) is 0 Å². The average molecular weight is 356 g/mol. The Kier molecular flexibility index (Phi) is 5.38. The highest BCUT2D eigenvalue weighted by molar-refractivity contribution is 9.10. The first kappa shape index (κ1) is 15.3. The van der Waals surface area contributed by atoms with E-state index in [2.05, 4.69) is 27.8 Å². The molecule has 0 amide bonds. The highest BCUT2D eigenvalue weighted by Crippen LogP contribution is 2.21. The fraction of sp³-hybridized carbons (Fsp3) is 0.333. The number of aryl methyl sites for hydroxylation is 1. The second-order valence-corrected chi connectivity index (χ2v) is 5.91. The maximum atomic E-state index is 11.0. The van der Waals surface area contributed by atoms with E-state index in [9.17, 15) is 4.79 Å². The molecule has 0 atom stereocenters. The summed E-state index contributed by atoms with van der Waals surface area (Å²) in [4.78, 5) is 15.3. The van der Waals surface area contributed by atoms with Crippen molar-refractivity contribution in [1.82, 2.24) is 9.55 Å². The monoisotopic (exact) mass is 354 g/mol. The van der Waals surface area contributed by atoms with Crippen molar-refractivity contribution in [2.75, 3.05) is 0 Å². The Labute approximate surface area is 132 Å². The van der Waals surface area contributed by atoms with Crippen LogP contribution in [0.1, 0.15) is 41.6 Å². The van der Waals surface area contributed by atoms with Gasteiger partial charge in [0.25, 0.3) is 0 Å². The summed E-state index contributed by atoms with van der Waals surface area (Å²) in [6.45, 7) is 2.76. The van der Waals surface area contributed by atoms with E-state index < -0.39 is 0 Å². The molecule has 0 spiro atoms. The predicted molar refractivity (Wildman–Crippen MR) is 84.5 cm³/mol. The van der Waals surface area contributed by atoms with E-state index >= 15 is 0 Å². The van der Waals surface area contributed by atoms with E-state index in [-0.39, 0.29) is 0 Å². The molecule has 0 aliphatic carbocycles. The van der Waals surface area contributed by atoms with Crippen LogP contribution in [0.5, 0.6) is 0 Å². The molecule has 0 saturated heterocycles. The fourth-order valence-electron chi connectivity index (χ4n) is 2.03. The molecular weight excluding hydrogens is 340 g/mol. The lowest BCUT2D eigenvalue weighted by Crippen LogP contribution is -2.05. The number of aldehydes is 1. The SMILES string of the molecule is CCCCc1nc(C=O)c(Cl)n1Cc1ccc(Br)cc1. The highest BCUT2D eigenvalue weighted by Gasteiger charge is 2.14. The van der Waals surface area contributed by atoms with Gasteiger partial charge in [0.2, 0.25) is 0 Å². The molecule has 20 heavy (non-hydrogen) atoms. The van der Waals surface area contributed by atoms with Gasteiger partial charge in [-0.1, -0.05) is 53.0 Å². The quantitative estimate of drug-likeness (QED) is 0.715. The Morgan fingerprint density at radius 3 is 2.65 bits per heavy atom. The smallest absolute Gasteiger partial charge is 0.171 e. The van der Waals surface area contributed by atoms with Crippen LogP contribution in [0, 0.1) is 0 Å². The molecule has 0 N–H and O–H groups in total. The number of nitrogens with zero attached hydrogens (tertiary/aromatic N) is 2. The zero-order valence-corrected chi connectivity index (χ0v) is 13.6. The Bertz CT molecular complexity index is 593. The van der Waals surface area contributed by atoms with Gasteiger partial charge >= 0.3 is 0 Å². The summed E-state index contributed by atoms with van der Waals surface area (Å²) >= 11 is 9.67. The molecule has 0 radical (unpaired) electrons. The van der Waals surface area contributed by atoms with Crippen molar-refractivity contribution in [3.63, 3.8) is 0 Å². The van der Waals surface area contributed by atoms with Crippen LogP contribution in [-0.4, -0.2) is 15.8 Å². The van der Waals surface area contributed by atoms with Crippen molar-refractivity contribution < 1.29 is 4.79 Å².